The number of carbonyl (C=O) groups excluding carboxylic acids is 1. The number of piperidine rings is 1. The summed E-state index contributed by atoms with van der Waals surface area (Å²) in [7, 11) is 4.91. The van der Waals surface area contributed by atoms with Crippen molar-refractivity contribution in [2.24, 2.45) is 5.92 Å². The maximum Gasteiger partial charge on any atom is 0.223 e. The number of rotatable bonds is 8. The van der Waals surface area contributed by atoms with Gasteiger partial charge in [0.1, 0.15) is 5.75 Å². The topological polar surface area (TPSA) is 60.0 Å². The summed E-state index contributed by atoms with van der Waals surface area (Å²) >= 11 is 0. The Morgan fingerprint density at radius 2 is 1.67 bits per heavy atom. The van der Waals surface area contributed by atoms with E-state index < -0.39 is 0 Å². The normalized spacial score (nSPS) is 16.0. The van der Waals surface area contributed by atoms with E-state index in [1.807, 2.05) is 37.3 Å². The molecule has 1 heterocycles. The molecule has 1 aliphatic rings. The Hall–Kier alpha value is -2.73. The monoisotopic (exact) mass is 412 g/mol. The van der Waals surface area contributed by atoms with Crippen LogP contribution in [0.2, 0.25) is 0 Å². The zero-order valence-electron chi connectivity index (χ0n) is 18.3. The van der Waals surface area contributed by atoms with E-state index in [4.69, 9.17) is 14.2 Å². The van der Waals surface area contributed by atoms with E-state index >= 15 is 0 Å². The summed E-state index contributed by atoms with van der Waals surface area (Å²) in [5, 5.41) is 3.16. The summed E-state index contributed by atoms with van der Waals surface area (Å²) < 4.78 is 15.9. The highest BCUT2D eigenvalue weighted by molar-refractivity contribution is 5.79. The highest BCUT2D eigenvalue weighted by Crippen LogP contribution is 2.30. The number of methoxy groups -OCH3 is 3. The molecule has 0 aromatic heterocycles. The van der Waals surface area contributed by atoms with E-state index in [2.05, 4.69) is 22.3 Å². The van der Waals surface area contributed by atoms with Crippen LogP contribution in [-0.2, 0) is 11.3 Å². The number of carbonyl (C=O) groups is 1. The maximum absolute atomic E-state index is 12.8. The van der Waals surface area contributed by atoms with Crippen LogP contribution < -0.4 is 19.5 Å². The molecule has 1 fully saturated rings. The zero-order valence-corrected chi connectivity index (χ0v) is 18.3. The predicted molar refractivity (Wildman–Crippen MR) is 117 cm³/mol. The van der Waals surface area contributed by atoms with E-state index in [-0.39, 0.29) is 17.9 Å². The zero-order chi connectivity index (χ0) is 21.5. The van der Waals surface area contributed by atoms with Gasteiger partial charge in [-0.3, -0.25) is 9.69 Å². The fourth-order valence-corrected chi connectivity index (χ4v) is 3.88. The van der Waals surface area contributed by atoms with Gasteiger partial charge in [-0.25, -0.2) is 0 Å². The molecule has 2 aromatic rings. The molecule has 1 atom stereocenters. The molecular formula is C24H32N2O4. The molecule has 1 amide bonds. The molecule has 2 aromatic carbocycles. The second-order valence-corrected chi connectivity index (χ2v) is 7.74. The average Bonchev–Trinajstić information content (AvgIpc) is 2.79. The van der Waals surface area contributed by atoms with Gasteiger partial charge >= 0.3 is 0 Å². The van der Waals surface area contributed by atoms with Crippen molar-refractivity contribution >= 4 is 5.91 Å². The number of benzene rings is 2. The lowest BCUT2D eigenvalue weighted by molar-refractivity contribution is -0.127. The number of nitrogens with one attached hydrogen (secondary N) is 1. The van der Waals surface area contributed by atoms with Crippen LogP contribution in [0.5, 0.6) is 17.2 Å². The van der Waals surface area contributed by atoms with Crippen LogP contribution in [0.1, 0.15) is 36.9 Å². The number of amides is 1. The Balaban J connectivity index is 1.50. The standard InChI is InChI=1S/C24H32N2O4/c1-17(20-7-10-22(29-3)23(15-20)30-4)25-24(27)19-11-13-26(14-12-19)16-18-5-8-21(28-2)9-6-18/h5-10,15,17,19H,11-14,16H2,1-4H3,(H,25,27). The molecule has 6 heteroatoms. The van der Waals surface area contributed by atoms with Crippen LogP contribution in [-0.4, -0.2) is 45.2 Å². The van der Waals surface area contributed by atoms with Crippen molar-refractivity contribution in [3.05, 3.63) is 53.6 Å². The van der Waals surface area contributed by atoms with E-state index in [0.29, 0.717) is 11.5 Å². The molecule has 1 unspecified atom stereocenters. The van der Waals surface area contributed by atoms with Crippen molar-refractivity contribution in [1.82, 2.24) is 10.2 Å². The molecule has 1 aliphatic heterocycles. The van der Waals surface area contributed by atoms with Crippen LogP contribution in [0, 0.1) is 5.92 Å². The Labute approximate surface area is 179 Å². The lowest BCUT2D eigenvalue weighted by atomic mass is 9.94. The quantitative estimate of drug-likeness (QED) is 0.715. The minimum Gasteiger partial charge on any atom is -0.497 e. The van der Waals surface area contributed by atoms with E-state index in [0.717, 1.165) is 43.8 Å². The third kappa shape index (κ3) is 5.45. The van der Waals surface area contributed by atoms with Gasteiger partial charge < -0.3 is 19.5 Å². The molecule has 0 saturated carbocycles. The number of likely N-dealkylation sites (tertiary alicyclic amines) is 1. The van der Waals surface area contributed by atoms with Gasteiger partial charge in [0.25, 0.3) is 0 Å². The molecule has 30 heavy (non-hydrogen) atoms. The summed E-state index contributed by atoms with van der Waals surface area (Å²) in [6.07, 6.45) is 1.75. The fourth-order valence-electron chi connectivity index (χ4n) is 3.88. The van der Waals surface area contributed by atoms with Crippen molar-refractivity contribution in [1.29, 1.82) is 0 Å². The Bertz CT molecular complexity index is 830. The van der Waals surface area contributed by atoms with Gasteiger partial charge in [0.15, 0.2) is 11.5 Å². The summed E-state index contributed by atoms with van der Waals surface area (Å²) in [6, 6.07) is 13.8. The smallest absolute Gasteiger partial charge is 0.223 e. The number of hydrogen-bond donors (Lipinski definition) is 1. The van der Waals surface area contributed by atoms with Gasteiger partial charge in [0.05, 0.1) is 27.4 Å². The minimum atomic E-state index is -0.0883. The predicted octanol–water partition coefficient (Wildman–Crippen LogP) is 3.80. The van der Waals surface area contributed by atoms with Gasteiger partial charge in [-0.05, 0) is 68.2 Å². The Kier molecular flexibility index (Phi) is 7.57. The average molecular weight is 413 g/mol. The molecule has 162 valence electrons. The Morgan fingerprint density at radius 3 is 2.27 bits per heavy atom. The van der Waals surface area contributed by atoms with Gasteiger partial charge in [-0.1, -0.05) is 18.2 Å². The lowest BCUT2D eigenvalue weighted by Gasteiger charge is -2.32. The second kappa shape index (κ2) is 10.3. The second-order valence-electron chi connectivity index (χ2n) is 7.74. The van der Waals surface area contributed by atoms with Crippen molar-refractivity contribution in [3.8, 4) is 17.2 Å². The van der Waals surface area contributed by atoms with Crippen molar-refractivity contribution in [3.63, 3.8) is 0 Å². The molecular weight excluding hydrogens is 380 g/mol. The minimum absolute atomic E-state index is 0.0553. The summed E-state index contributed by atoms with van der Waals surface area (Å²) in [5.41, 5.74) is 2.26. The van der Waals surface area contributed by atoms with E-state index in [9.17, 15) is 4.79 Å². The van der Waals surface area contributed by atoms with Gasteiger partial charge in [-0.2, -0.15) is 0 Å². The third-order valence-corrected chi connectivity index (χ3v) is 5.79. The molecule has 1 N–H and O–H groups in total. The Morgan fingerprint density at radius 1 is 1.00 bits per heavy atom. The van der Waals surface area contributed by atoms with Crippen LogP contribution >= 0.6 is 0 Å². The largest absolute Gasteiger partial charge is 0.497 e. The fraction of sp³-hybridized carbons (Fsp3) is 0.458. The summed E-state index contributed by atoms with van der Waals surface area (Å²) in [6.45, 7) is 4.75. The van der Waals surface area contributed by atoms with Gasteiger partial charge in [-0.15, -0.1) is 0 Å². The third-order valence-electron chi connectivity index (χ3n) is 5.79. The lowest BCUT2D eigenvalue weighted by Crippen LogP contribution is -2.40. The first-order valence-corrected chi connectivity index (χ1v) is 10.4. The number of ether oxygens (including phenoxy) is 3. The van der Waals surface area contributed by atoms with Crippen molar-refractivity contribution in [2.45, 2.75) is 32.4 Å². The van der Waals surface area contributed by atoms with Crippen molar-refractivity contribution < 1.29 is 19.0 Å². The molecule has 0 aliphatic carbocycles. The molecule has 6 nitrogen and oxygen atoms in total. The summed E-state index contributed by atoms with van der Waals surface area (Å²) in [5.74, 6) is 2.41. The first-order valence-electron chi connectivity index (χ1n) is 10.4. The van der Waals surface area contributed by atoms with E-state index in [1.54, 1.807) is 21.3 Å². The highest BCUT2D eigenvalue weighted by atomic mass is 16.5. The number of nitrogens with zero attached hydrogens (tertiary/aromatic N) is 1. The number of hydrogen-bond acceptors (Lipinski definition) is 5. The molecule has 0 radical (unpaired) electrons. The molecule has 0 spiro atoms. The van der Waals surface area contributed by atoms with Gasteiger partial charge in [0.2, 0.25) is 5.91 Å². The highest BCUT2D eigenvalue weighted by Gasteiger charge is 2.26. The molecule has 0 bridgehead atoms. The first-order chi connectivity index (χ1) is 14.5. The van der Waals surface area contributed by atoms with Crippen LogP contribution in [0.25, 0.3) is 0 Å². The van der Waals surface area contributed by atoms with Crippen molar-refractivity contribution in [2.75, 3.05) is 34.4 Å². The van der Waals surface area contributed by atoms with Gasteiger partial charge in [0, 0.05) is 12.5 Å². The van der Waals surface area contributed by atoms with E-state index in [1.165, 1.54) is 5.56 Å². The maximum atomic E-state index is 12.8. The van der Waals surface area contributed by atoms with Crippen LogP contribution in [0.4, 0.5) is 0 Å². The SMILES string of the molecule is COc1ccc(CN2CCC(C(=O)NC(C)c3ccc(OC)c(OC)c3)CC2)cc1. The molecule has 1 saturated heterocycles. The van der Waals surface area contributed by atoms with Crippen LogP contribution in [0.15, 0.2) is 42.5 Å². The summed E-state index contributed by atoms with van der Waals surface area (Å²) in [4.78, 5) is 15.2. The molecule has 3 rings (SSSR count). The van der Waals surface area contributed by atoms with Crippen LogP contribution in [0.3, 0.4) is 0 Å². The first kappa shape index (κ1) is 22.0.